The maximum atomic E-state index is 12.6. The first-order valence-electron chi connectivity index (χ1n) is 7.97. The van der Waals surface area contributed by atoms with E-state index in [2.05, 4.69) is 0 Å². The number of rotatable bonds is 5. The second kappa shape index (κ2) is 6.79. The number of carboxylic acids is 1. The zero-order chi connectivity index (χ0) is 18.8. The first-order chi connectivity index (χ1) is 12.4. The van der Waals surface area contributed by atoms with Crippen molar-refractivity contribution in [3.8, 4) is 0 Å². The summed E-state index contributed by atoms with van der Waals surface area (Å²) in [4.78, 5) is 48.9. The molecule has 0 saturated carbocycles. The molecule has 0 saturated heterocycles. The average Bonchev–Trinajstić information content (AvgIpc) is 2.90. The van der Waals surface area contributed by atoms with Gasteiger partial charge in [-0.25, -0.2) is 14.5 Å². The number of nitrogens with zero attached hydrogens (tertiary/aromatic N) is 1. The van der Waals surface area contributed by atoms with Crippen molar-refractivity contribution in [2.75, 3.05) is 11.5 Å². The van der Waals surface area contributed by atoms with E-state index in [1.165, 1.54) is 42.5 Å². The molecule has 7 heteroatoms. The Kier molecular flexibility index (Phi) is 4.53. The van der Waals surface area contributed by atoms with Crippen molar-refractivity contribution in [1.82, 2.24) is 0 Å². The lowest BCUT2D eigenvalue weighted by Gasteiger charge is -2.14. The van der Waals surface area contributed by atoms with Gasteiger partial charge in [0.05, 0.1) is 34.5 Å². The molecule has 0 bridgehead atoms. The SMILES string of the molecule is CCCOC(=O)c1ccc(N2C(=O)c3ccc(C(=O)O)cc3C2=O)cc1. The predicted molar refractivity (Wildman–Crippen MR) is 91.6 cm³/mol. The largest absolute Gasteiger partial charge is 0.478 e. The zero-order valence-corrected chi connectivity index (χ0v) is 13.9. The maximum Gasteiger partial charge on any atom is 0.338 e. The molecule has 0 fully saturated rings. The molecular weight excluding hydrogens is 338 g/mol. The number of hydrogen-bond donors (Lipinski definition) is 1. The summed E-state index contributed by atoms with van der Waals surface area (Å²) >= 11 is 0. The summed E-state index contributed by atoms with van der Waals surface area (Å²) in [6.07, 6.45) is 0.706. The molecule has 1 aliphatic rings. The minimum absolute atomic E-state index is 0.0429. The molecule has 7 nitrogen and oxygen atoms in total. The number of carbonyl (C=O) groups excluding carboxylic acids is 3. The van der Waals surface area contributed by atoms with Crippen LogP contribution >= 0.6 is 0 Å². The lowest BCUT2D eigenvalue weighted by molar-refractivity contribution is 0.0504. The molecule has 0 spiro atoms. The van der Waals surface area contributed by atoms with Gasteiger partial charge in [0.2, 0.25) is 0 Å². The second-order valence-corrected chi connectivity index (χ2v) is 5.69. The van der Waals surface area contributed by atoms with E-state index < -0.39 is 23.8 Å². The van der Waals surface area contributed by atoms with Crippen molar-refractivity contribution in [3.63, 3.8) is 0 Å². The van der Waals surface area contributed by atoms with Crippen LogP contribution in [0.5, 0.6) is 0 Å². The Morgan fingerprint density at radius 3 is 2.19 bits per heavy atom. The Labute approximate surface area is 148 Å². The van der Waals surface area contributed by atoms with E-state index in [9.17, 15) is 19.2 Å². The van der Waals surface area contributed by atoms with E-state index in [4.69, 9.17) is 9.84 Å². The van der Waals surface area contributed by atoms with E-state index in [0.29, 0.717) is 24.3 Å². The monoisotopic (exact) mass is 353 g/mol. The fourth-order valence-electron chi connectivity index (χ4n) is 2.63. The number of amides is 2. The van der Waals surface area contributed by atoms with Crippen LogP contribution in [0.4, 0.5) is 5.69 Å². The van der Waals surface area contributed by atoms with Crippen molar-refractivity contribution in [3.05, 3.63) is 64.7 Å². The molecule has 1 heterocycles. The number of imide groups is 1. The lowest BCUT2D eigenvalue weighted by Crippen LogP contribution is -2.29. The summed E-state index contributed by atoms with van der Waals surface area (Å²) < 4.78 is 5.03. The Bertz CT molecular complexity index is 916. The predicted octanol–water partition coefficient (Wildman–Crippen LogP) is 2.75. The normalized spacial score (nSPS) is 12.9. The smallest absolute Gasteiger partial charge is 0.338 e. The summed E-state index contributed by atoms with van der Waals surface area (Å²) in [6, 6.07) is 9.69. The first-order valence-corrected chi connectivity index (χ1v) is 7.97. The van der Waals surface area contributed by atoms with Crippen molar-refractivity contribution in [1.29, 1.82) is 0 Å². The third kappa shape index (κ3) is 2.95. The van der Waals surface area contributed by atoms with Gasteiger partial charge in [-0.15, -0.1) is 0 Å². The van der Waals surface area contributed by atoms with Crippen LogP contribution in [0.2, 0.25) is 0 Å². The Morgan fingerprint density at radius 1 is 0.962 bits per heavy atom. The molecule has 132 valence electrons. The summed E-state index contributed by atoms with van der Waals surface area (Å²) in [5.41, 5.74) is 0.723. The van der Waals surface area contributed by atoms with Crippen LogP contribution in [-0.4, -0.2) is 35.5 Å². The summed E-state index contributed by atoms with van der Waals surface area (Å²) in [5, 5.41) is 9.04. The Balaban J connectivity index is 1.88. The fraction of sp³-hybridized carbons (Fsp3) is 0.158. The van der Waals surface area contributed by atoms with Gasteiger partial charge in [-0.2, -0.15) is 0 Å². The van der Waals surface area contributed by atoms with Crippen LogP contribution < -0.4 is 4.90 Å². The van der Waals surface area contributed by atoms with Gasteiger partial charge in [0.1, 0.15) is 0 Å². The topological polar surface area (TPSA) is 101 Å². The molecule has 2 aromatic rings. The van der Waals surface area contributed by atoms with Crippen LogP contribution in [0.3, 0.4) is 0 Å². The highest BCUT2D eigenvalue weighted by molar-refractivity contribution is 6.34. The summed E-state index contributed by atoms with van der Waals surface area (Å²) in [6.45, 7) is 2.19. The number of carbonyl (C=O) groups is 4. The number of anilines is 1. The van der Waals surface area contributed by atoms with Crippen LogP contribution in [0.25, 0.3) is 0 Å². The minimum Gasteiger partial charge on any atom is -0.478 e. The first kappa shape index (κ1) is 17.3. The molecule has 1 aliphatic heterocycles. The number of fused-ring (bicyclic) bond motifs is 1. The van der Waals surface area contributed by atoms with Crippen molar-refractivity contribution >= 4 is 29.4 Å². The molecule has 1 N–H and O–H groups in total. The number of esters is 1. The van der Waals surface area contributed by atoms with Gasteiger partial charge >= 0.3 is 11.9 Å². The molecule has 0 aliphatic carbocycles. The number of ether oxygens (including phenoxy) is 1. The summed E-state index contributed by atoms with van der Waals surface area (Å²) in [5.74, 6) is -2.80. The van der Waals surface area contributed by atoms with Gasteiger partial charge in [0.25, 0.3) is 11.8 Å². The fourth-order valence-corrected chi connectivity index (χ4v) is 2.63. The van der Waals surface area contributed by atoms with Gasteiger partial charge in [0.15, 0.2) is 0 Å². The molecule has 0 atom stereocenters. The second-order valence-electron chi connectivity index (χ2n) is 5.69. The molecular formula is C19H15NO6. The quantitative estimate of drug-likeness (QED) is 0.655. The third-order valence-corrected chi connectivity index (χ3v) is 3.93. The zero-order valence-electron chi connectivity index (χ0n) is 13.9. The van der Waals surface area contributed by atoms with Gasteiger partial charge in [-0.05, 0) is 48.9 Å². The van der Waals surface area contributed by atoms with Gasteiger partial charge in [0, 0.05) is 0 Å². The molecule has 3 rings (SSSR count). The van der Waals surface area contributed by atoms with E-state index in [-0.39, 0.29) is 16.7 Å². The van der Waals surface area contributed by atoms with E-state index in [1.54, 1.807) is 0 Å². The average molecular weight is 353 g/mol. The van der Waals surface area contributed by atoms with Crippen LogP contribution in [0.1, 0.15) is 54.8 Å². The van der Waals surface area contributed by atoms with E-state index in [0.717, 1.165) is 4.90 Å². The number of aromatic carboxylic acids is 1. The van der Waals surface area contributed by atoms with Crippen molar-refractivity contribution in [2.45, 2.75) is 13.3 Å². The molecule has 0 radical (unpaired) electrons. The Hall–Kier alpha value is -3.48. The molecule has 0 aromatic heterocycles. The minimum atomic E-state index is -1.18. The number of hydrogen-bond acceptors (Lipinski definition) is 5. The number of carboxylic acid groups (broad SMARTS) is 1. The highest BCUT2D eigenvalue weighted by Gasteiger charge is 2.37. The van der Waals surface area contributed by atoms with Gasteiger partial charge < -0.3 is 9.84 Å². The van der Waals surface area contributed by atoms with E-state index >= 15 is 0 Å². The van der Waals surface area contributed by atoms with Crippen molar-refractivity contribution < 1.29 is 29.0 Å². The van der Waals surface area contributed by atoms with Crippen LogP contribution in [0, 0.1) is 0 Å². The highest BCUT2D eigenvalue weighted by atomic mass is 16.5. The van der Waals surface area contributed by atoms with Gasteiger partial charge in [-0.3, -0.25) is 9.59 Å². The third-order valence-electron chi connectivity index (χ3n) is 3.93. The highest BCUT2D eigenvalue weighted by Crippen LogP contribution is 2.29. The molecule has 2 amide bonds. The van der Waals surface area contributed by atoms with Crippen LogP contribution in [-0.2, 0) is 4.74 Å². The maximum absolute atomic E-state index is 12.6. The number of benzene rings is 2. The standard InChI is InChI=1S/C19H15NO6/c1-2-9-26-19(25)11-3-6-13(7-4-11)20-16(21)14-8-5-12(18(23)24)10-15(14)17(20)22/h3-8,10H,2,9H2,1H3,(H,23,24). The summed E-state index contributed by atoms with van der Waals surface area (Å²) in [7, 11) is 0. The molecule has 2 aromatic carbocycles. The molecule has 0 unspecified atom stereocenters. The van der Waals surface area contributed by atoms with Crippen LogP contribution in [0.15, 0.2) is 42.5 Å². The Morgan fingerprint density at radius 2 is 1.58 bits per heavy atom. The molecule has 26 heavy (non-hydrogen) atoms. The van der Waals surface area contributed by atoms with Crippen molar-refractivity contribution in [2.24, 2.45) is 0 Å². The van der Waals surface area contributed by atoms with Gasteiger partial charge in [-0.1, -0.05) is 6.92 Å². The lowest BCUT2D eigenvalue weighted by atomic mass is 10.1. The van der Waals surface area contributed by atoms with E-state index in [1.807, 2.05) is 6.92 Å².